The zero-order chi connectivity index (χ0) is 9.03. The molecule has 0 aromatic carbocycles. The van der Waals surface area contributed by atoms with Gasteiger partial charge in [0, 0.05) is 18.0 Å². The fourth-order valence-electron chi connectivity index (χ4n) is 0.561. The summed E-state index contributed by atoms with van der Waals surface area (Å²) in [6.07, 6.45) is 5.38. The fraction of sp³-hybridized carbons (Fsp3) is 0. The molecule has 1 aromatic rings. The van der Waals surface area contributed by atoms with Gasteiger partial charge in [0.1, 0.15) is 6.33 Å². The minimum absolute atomic E-state index is 0.509. The highest BCUT2D eigenvalue weighted by molar-refractivity contribution is 7.88. The topological polar surface area (TPSA) is 80.2 Å². The Morgan fingerprint density at radius 1 is 1.33 bits per heavy atom. The van der Waals surface area contributed by atoms with Gasteiger partial charge in [0.05, 0.1) is 5.41 Å². The van der Waals surface area contributed by atoms with E-state index < -0.39 is 10.1 Å². The maximum atomic E-state index is 10.2. The second kappa shape index (κ2) is 3.42. The first-order valence-electron chi connectivity index (χ1n) is 2.98. The summed E-state index contributed by atoms with van der Waals surface area (Å²) in [6, 6.07) is 0. The van der Waals surface area contributed by atoms with Gasteiger partial charge in [-0.05, 0) is 6.08 Å². The van der Waals surface area contributed by atoms with E-state index in [9.17, 15) is 8.42 Å². The van der Waals surface area contributed by atoms with Crippen LogP contribution < -0.4 is 0 Å². The van der Waals surface area contributed by atoms with E-state index >= 15 is 0 Å². The normalized spacial score (nSPS) is 12.1. The van der Waals surface area contributed by atoms with E-state index in [1.54, 1.807) is 0 Å². The summed E-state index contributed by atoms with van der Waals surface area (Å²) in [5.74, 6) is 0. The Morgan fingerprint density at radius 2 is 1.92 bits per heavy atom. The molecule has 12 heavy (non-hydrogen) atoms. The molecule has 5 nitrogen and oxygen atoms in total. The average molecular weight is 186 g/mol. The third-order valence-electron chi connectivity index (χ3n) is 1.01. The van der Waals surface area contributed by atoms with Crippen molar-refractivity contribution in [3.05, 3.63) is 29.7 Å². The molecule has 64 valence electrons. The van der Waals surface area contributed by atoms with Crippen LogP contribution >= 0.6 is 0 Å². The summed E-state index contributed by atoms with van der Waals surface area (Å²) in [6.45, 7) is 0. The summed E-state index contributed by atoms with van der Waals surface area (Å²) < 4.78 is 28.8. The molecule has 0 aliphatic rings. The third-order valence-corrected chi connectivity index (χ3v) is 1.49. The Kier molecular flexibility index (Phi) is 2.51. The summed E-state index contributed by atoms with van der Waals surface area (Å²) in [5.41, 5.74) is 0.509. The van der Waals surface area contributed by atoms with Crippen LogP contribution in [-0.2, 0) is 10.1 Å². The monoisotopic (exact) mass is 186 g/mol. The Labute approximate surface area is 69.5 Å². The van der Waals surface area contributed by atoms with Gasteiger partial charge in [-0.1, -0.05) is 0 Å². The molecular formula is C6H6N2O3S. The molecule has 0 fully saturated rings. The lowest BCUT2D eigenvalue weighted by molar-refractivity contribution is 0.494. The number of rotatable bonds is 2. The molecule has 0 bridgehead atoms. The fourth-order valence-corrected chi connectivity index (χ4v) is 0.890. The third kappa shape index (κ3) is 3.22. The predicted octanol–water partition coefficient (Wildman–Crippen LogP) is 0.335. The van der Waals surface area contributed by atoms with Crippen LogP contribution in [0.5, 0.6) is 0 Å². The zero-order valence-electron chi connectivity index (χ0n) is 5.95. The number of hydrogen-bond donors (Lipinski definition) is 1. The Hall–Kier alpha value is -1.27. The van der Waals surface area contributed by atoms with Crippen molar-refractivity contribution >= 4 is 16.2 Å². The first-order valence-corrected chi connectivity index (χ1v) is 4.49. The Bertz CT molecular complexity index is 371. The summed E-state index contributed by atoms with van der Waals surface area (Å²) in [4.78, 5) is 7.29. The first kappa shape index (κ1) is 8.82. The van der Waals surface area contributed by atoms with Crippen molar-refractivity contribution in [3.8, 4) is 0 Å². The summed E-state index contributed by atoms with van der Waals surface area (Å²) >= 11 is 0. The highest BCUT2D eigenvalue weighted by Crippen LogP contribution is 1.98. The highest BCUT2D eigenvalue weighted by Gasteiger charge is 1.94. The van der Waals surface area contributed by atoms with Crippen LogP contribution in [0, 0.1) is 0 Å². The van der Waals surface area contributed by atoms with Gasteiger partial charge in [0.2, 0.25) is 0 Å². The minimum atomic E-state index is -4.06. The zero-order valence-corrected chi connectivity index (χ0v) is 6.77. The molecule has 0 spiro atoms. The molecule has 6 heteroatoms. The molecule has 0 radical (unpaired) electrons. The maximum absolute atomic E-state index is 10.2. The molecule has 0 saturated carbocycles. The van der Waals surface area contributed by atoms with Gasteiger partial charge in [-0.3, -0.25) is 4.55 Å². The molecule has 1 rings (SSSR count). The molecule has 0 aliphatic heterocycles. The molecule has 1 heterocycles. The Morgan fingerprint density at radius 3 is 2.42 bits per heavy atom. The molecule has 0 saturated heterocycles. The predicted molar refractivity (Wildman–Crippen MR) is 42.6 cm³/mol. The second-order valence-corrected chi connectivity index (χ2v) is 3.29. The lowest BCUT2D eigenvalue weighted by atomic mass is 10.3. The van der Waals surface area contributed by atoms with Gasteiger partial charge in [0.25, 0.3) is 10.1 Å². The van der Waals surface area contributed by atoms with Gasteiger partial charge in [0.15, 0.2) is 0 Å². The largest absolute Gasteiger partial charge is 0.287 e. The van der Waals surface area contributed by atoms with Crippen LogP contribution in [0.25, 0.3) is 6.08 Å². The van der Waals surface area contributed by atoms with Crippen LogP contribution in [0.3, 0.4) is 0 Å². The number of aromatic nitrogens is 2. The van der Waals surface area contributed by atoms with Crippen molar-refractivity contribution in [1.82, 2.24) is 9.97 Å². The van der Waals surface area contributed by atoms with E-state index in [4.69, 9.17) is 4.55 Å². The van der Waals surface area contributed by atoms with Gasteiger partial charge in [-0.15, -0.1) is 0 Å². The van der Waals surface area contributed by atoms with Gasteiger partial charge in [-0.25, -0.2) is 9.97 Å². The van der Waals surface area contributed by atoms with Crippen LogP contribution in [0.1, 0.15) is 5.56 Å². The lowest BCUT2D eigenvalue weighted by Gasteiger charge is -1.87. The molecule has 1 aromatic heterocycles. The van der Waals surface area contributed by atoms with Crippen LogP contribution in [0.15, 0.2) is 24.1 Å². The maximum Gasteiger partial charge on any atom is 0.287 e. The van der Waals surface area contributed by atoms with E-state index in [0.29, 0.717) is 11.0 Å². The van der Waals surface area contributed by atoms with Crippen molar-refractivity contribution in [2.24, 2.45) is 0 Å². The molecule has 0 aliphatic carbocycles. The van der Waals surface area contributed by atoms with Crippen molar-refractivity contribution in [2.45, 2.75) is 0 Å². The van der Waals surface area contributed by atoms with Crippen LogP contribution in [-0.4, -0.2) is 22.9 Å². The quantitative estimate of drug-likeness (QED) is 0.673. The number of hydrogen-bond acceptors (Lipinski definition) is 4. The van der Waals surface area contributed by atoms with Gasteiger partial charge in [-0.2, -0.15) is 8.42 Å². The summed E-state index contributed by atoms with van der Waals surface area (Å²) in [7, 11) is -4.06. The highest BCUT2D eigenvalue weighted by atomic mass is 32.2. The average Bonchev–Trinajstić information content (AvgIpc) is 2.02. The summed E-state index contributed by atoms with van der Waals surface area (Å²) in [5, 5.41) is 0.672. The van der Waals surface area contributed by atoms with E-state index in [1.807, 2.05) is 0 Å². The molecule has 0 atom stereocenters. The Balaban J connectivity index is 2.85. The van der Waals surface area contributed by atoms with Crippen molar-refractivity contribution in [2.75, 3.05) is 0 Å². The van der Waals surface area contributed by atoms with Crippen LogP contribution in [0.4, 0.5) is 0 Å². The molecular weight excluding hydrogens is 180 g/mol. The van der Waals surface area contributed by atoms with Gasteiger partial charge < -0.3 is 0 Å². The molecule has 1 N–H and O–H groups in total. The smallest absolute Gasteiger partial charge is 0.282 e. The van der Waals surface area contributed by atoms with Crippen molar-refractivity contribution < 1.29 is 13.0 Å². The van der Waals surface area contributed by atoms with E-state index in [2.05, 4.69) is 9.97 Å². The standard InChI is InChI=1S/C6H6N2O3S/c9-12(10,11)2-1-6-3-7-5-8-4-6/h1-5H,(H,9,10,11). The lowest BCUT2D eigenvalue weighted by Crippen LogP contribution is -1.89. The van der Waals surface area contributed by atoms with E-state index in [1.165, 1.54) is 24.8 Å². The second-order valence-electron chi connectivity index (χ2n) is 1.99. The molecule has 0 unspecified atom stereocenters. The SMILES string of the molecule is O=S(=O)(O)C=Cc1cncnc1. The molecule has 0 amide bonds. The van der Waals surface area contributed by atoms with Crippen molar-refractivity contribution in [1.29, 1.82) is 0 Å². The van der Waals surface area contributed by atoms with Crippen LogP contribution in [0.2, 0.25) is 0 Å². The first-order chi connectivity index (χ1) is 5.58. The van der Waals surface area contributed by atoms with E-state index in [0.717, 1.165) is 0 Å². The minimum Gasteiger partial charge on any atom is -0.282 e. The van der Waals surface area contributed by atoms with Crippen molar-refractivity contribution in [3.63, 3.8) is 0 Å². The number of nitrogens with zero attached hydrogens (tertiary/aromatic N) is 2. The van der Waals surface area contributed by atoms with Gasteiger partial charge >= 0.3 is 0 Å². The van der Waals surface area contributed by atoms with E-state index in [-0.39, 0.29) is 0 Å².